The summed E-state index contributed by atoms with van der Waals surface area (Å²) in [4.78, 5) is 0. The summed E-state index contributed by atoms with van der Waals surface area (Å²) in [5.41, 5.74) is -0.453. The van der Waals surface area contributed by atoms with Gasteiger partial charge in [-0.25, -0.2) is 0 Å². The van der Waals surface area contributed by atoms with Crippen molar-refractivity contribution >= 4 is 18.4 Å². The van der Waals surface area contributed by atoms with Crippen LogP contribution in [0, 0.1) is 0 Å². The fourth-order valence-electron chi connectivity index (χ4n) is 3.87. The van der Waals surface area contributed by atoms with Gasteiger partial charge in [-0.2, -0.15) is 0 Å². The zero-order valence-electron chi connectivity index (χ0n) is 15.5. The fraction of sp³-hybridized carbons (Fsp3) is 0.900. The number of rotatable bonds is 11. The number of aliphatic hydroxyl groups is 1. The molecule has 0 spiro atoms. The van der Waals surface area contributed by atoms with Gasteiger partial charge in [0, 0.05) is 0 Å². The van der Waals surface area contributed by atoms with Crippen LogP contribution in [-0.4, -0.2) is 29.1 Å². The van der Waals surface area contributed by atoms with Gasteiger partial charge in [-0.3, -0.25) is 0 Å². The Morgan fingerprint density at radius 2 is 1.27 bits per heavy atom. The van der Waals surface area contributed by atoms with Crippen LogP contribution in [0.2, 0.25) is 13.3 Å². The van der Waals surface area contributed by atoms with E-state index in [9.17, 15) is 5.11 Å². The van der Waals surface area contributed by atoms with Crippen LogP contribution in [0.1, 0.15) is 91.4 Å². The maximum absolute atomic E-state index is 10.9. The molecule has 22 heavy (non-hydrogen) atoms. The van der Waals surface area contributed by atoms with Gasteiger partial charge in [0.1, 0.15) is 0 Å². The van der Waals surface area contributed by atoms with Crippen molar-refractivity contribution in [2.75, 3.05) is 0 Å². The molecule has 0 aromatic rings. The summed E-state index contributed by atoms with van der Waals surface area (Å²) in [6, 6.07) is 0. The second-order valence-electron chi connectivity index (χ2n) is 7.67. The van der Waals surface area contributed by atoms with Crippen molar-refractivity contribution < 1.29 is 5.11 Å². The molecule has 0 heterocycles. The van der Waals surface area contributed by atoms with E-state index in [0.717, 1.165) is 12.8 Å². The molecule has 0 unspecified atom stereocenters. The predicted molar refractivity (Wildman–Crippen MR) is 102 cm³/mol. The summed E-state index contributed by atoms with van der Waals surface area (Å²) >= 11 is -2.19. The monoisotopic (exact) mass is 416 g/mol. The van der Waals surface area contributed by atoms with Crippen molar-refractivity contribution in [2.24, 2.45) is 0 Å². The maximum atomic E-state index is 10.9. The zero-order valence-corrected chi connectivity index (χ0v) is 18.4. The Balaban J connectivity index is 2.83. The van der Waals surface area contributed by atoms with Crippen molar-refractivity contribution in [3.8, 4) is 0 Å². The summed E-state index contributed by atoms with van der Waals surface area (Å²) in [5, 5.41) is 10.9. The Hall–Kier alpha value is 0.499. The van der Waals surface area contributed by atoms with Gasteiger partial charge in [0.15, 0.2) is 0 Å². The molecule has 1 nitrogen and oxygen atoms in total. The minimum atomic E-state index is -2.19. The van der Waals surface area contributed by atoms with Crippen LogP contribution < -0.4 is 0 Å². The van der Waals surface area contributed by atoms with Crippen molar-refractivity contribution in [3.63, 3.8) is 0 Å². The molecule has 0 atom stereocenters. The van der Waals surface area contributed by atoms with Gasteiger partial charge in [0.05, 0.1) is 0 Å². The second-order valence-corrected chi connectivity index (χ2v) is 20.7. The number of hydrogen-bond acceptors (Lipinski definition) is 1. The molecule has 0 aromatic carbocycles. The van der Waals surface area contributed by atoms with E-state index in [1.807, 2.05) is 0 Å². The molecule has 1 saturated carbocycles. The van der Waals surface area contributed by atoms with Crippen LogP contribution in [-0.2, 0) is 0 Å². The molecular formula is C20H40OSn. The molecule has 0 bridgehead atoms. The summed E-state index contributed by atoms with van der Waals surface area (Å²) in [6.45, 7) is 6.98. The van der Waals surface area contributed by atoms with Gasteiger partial charge in [-0.1, -0.05) is 0 Å². The molecular weight excluding hydrogens is 375 g/mol. The third kappa shape index (κ3) is 7.38. The zero-order chi connectivity index (χ0) is 16.3. The average Bonchev–Trinajstić information content (AvgIpc) is 2.54. The van der Waals surface area contributed by atoms with E-state index >= 15 is 0 Å². The molecule has 0 radical (unpaired) electrons. The standard InChI is InChI=1S/C8H13O.3C4H9.Sn/c1-2-8(9)6-4-3-5-7-8;3*1-3-4-2;/h1-2,9H,3-7H2;3*1,3-4H2,2H3;. The SMILES string of the molecule is CCC[CH2][Sn](/[CH]=C\C1(O)CCCCC1)([CH2]CCC)[CH2]CCC. The fourth-order valence-corrected chi connectivity index (χ4v) is 18.4. The molecule has 1 rings (SSSR count). The van der Waals surface area contributed by atoms with Gasteiger partial charge >= 0.3 is 144 Å². The van der Waals surface area contributed by atoms with Crippen LogP contribution in [0.15, 0.2) is 10.2 Å². The molecule has 1 aliphatic rings. The number of hydrogen-bond donors (Lipinski definition) is 1. The van der Waals surface area contributed by atoms with Crippen LogP contribution in [0.5, 0.6) is 0 Å². The molecule has 1 aliphatic carbocycles. The van der Waals surface area contributed by atoms with Crippen molar-refractivity contribution in [3.05, 3.63) is 10.2 Å². The Morgan fingerprint density at radius 1 is 0.818 bits per heavy atom. The van der Waals surface area contributed by atoms with Crippen LogP contribution >= 0.6 is 0 Å². The Kier molecular flexibility index (Phi) is 10.4. The summed E-state index contributed by atoms with van der Waals surface area (Å²) in [6.07, 6.45) is 16.3. The molecule has 130 valence electrons. The first-order chi connectivity index (χ1) is 10.6. The summed E-state index contributed by atoms with van der Waals surface area (Å²) in [7, 11) is 0. The molecule has 1 N–H and O–H groups in total. The third-order valence-electron chi connectivity index (χ3n) is 5.55. The first kappa shape index (κ1) is 20.5. The van der Waals surface area contributed by atoms with Crippen molar-refractivity contribution in [2.45, 2.75) is 110 Å². The van der Waals surface area contributed by atoms with Gasteiger partial charge in [-0.15, -0.1) is 0 Å². The van der Waals surface area contributed by atoms with E-state index in [-0.39, 0.29) is 0 Å². The van der Waals surface area contributed by atoms with Crippen molar-refractivity contribution in [1.82, 2.24) is 0 Å². The Bertz CT molecular complexity index is 283. The third-order valence-corrected chi connectivity index (χ3v) is 19.6. The summed E-state index contributed by atoms with van der Waals surface area (Å²) < 4.78 is 7.20. The van der Waals surface area contributed by atoms with Gasteiger partial charge in [-0.05, 0) is 0 Å². The minimum absolute atomic E-state index is 0.453. The normalized spacial score (nSPS) is 18.9. The molecule has 0 aliphatic heterocycles. The molecule has 1 fully saturated rings. The Labute approximate surface area is 143 Å². The quantitative estimate of drug-likeness (QED) is 0.376. The van der Waals surface area contributed by atoms with E-state index in [2.05, 4.69) is 30.9 Å². The van der Waals surface area contributed by atoms with E-state index in [4.69, 9.17) is 0 Å². The topological polar surface area (TPSA) is 20.2 Å². The molecule has 2 heteroatoms. The molecule has 0 amide bonds. The van der Waals surface area contributed by atoms with E-state index in [1.165, 1.54) is 71.1 Å². The second kappa shape index (κ2) is 11.1. The first-order valence-corrected chi connectivity index (χ1v) is 17.7. The first-order valence-electron chi connectivity index (χ1n) is 10.0. The Morgan fingerprint density at radius 3 is 1.68 bits per heavy atom. The average molecular weight is 415 g/mol. The summed E-state index contributed by atoms with van der Waals surface area (Å²) in [5.74, 6) is 0. The van der Waals surface area contributed by atoms with E-state index < -0.39 is 24.0 Å². The van der Waals surface area contributed by atoms with Crippen LogP contribution in [0.4, 0.5) is 0 Å². The van der Waals surface area contributed by atoms with Crippen LogP contribution in [0.25, 0.3) is 0 Å². The molecule has 0 saturated heterocycles. The number of unbranched alkanes of at least 4 members (excludes halogenated alkanes) is 3. The van der Waals surface area contributed by atoms with Gasteiger partial charge < -0.3 is 0 Å². The van der Waals surface area contributed by atoms with Crippen molar-refractivity contribution in [1.29, 1.82) is 0 Å². The van der Waals surface area contributed by atoms with E-state index in [1.54, 1.807) is 0 Å². The predicted octanol–water partition coefficient (Wildman–Crippen LogP) is 6.63. The molecule has 0 aromatic heterocycles. The van der Waals surface area contributed by atoms with Crippen LogP contribution in [0.3, 0.4) is 0 Å². The van der Waals surface area contributed by atoms with E-state index in [0.29, 0.717) is 0 Å². The van der Waals surface area contributed by atoms with Gasteiger partial charge in [0.25, 0.3) is 0 Å². The van der Waals surface area contributed by atoms with Gasteiger partial charge in [0.2, 0.25) is 0 Å².